The molecule has 0 atom stereocenters. The van der Waals surface area contributed by atoms with Crippen LogP contribution in [0.15, 0.2) is 30.3 Å². The van der Waals surface area contributed by atoms with E-state index in [9.17, 15) is 4.79 Å². The van der Waals surface area contributed by atoms with Crippen LogP contribution < -0.4 is 0 Å². The van der Waals surface area contributed by atoms with E-state index in [0.29, 0.717) is 0 Å². The van der Waals surface area contributed by atoms with Gasteiger partial charge in [-0.25, -0.2) is 0 Å². The van der Waals surface area contributed by atoms with Crippen molar-refractivity contribution in [1.82, 2.24) is 0 Å². The average Bonchev–Trinajstić information content (AvgIpc) is 2.71. The molecule has 0 saturated carbocycles. The maximum absolute atomic E-state index is 11.2. The van der Waals surface area contributed by atoms with Gasteiger partial charge in [-0.1, -0.05) is 23.7 Å². The monoisotopic (exact) mass is 250 g/mol. The Morgan fingerprint density at radius 2 is 2.00 bits per heavy atom. The van der Waals surface area contributed by atoms with E-state index in [1.165, 1.54) is 11.3 Å². The topological polar surface area (TPSA) is 17.1 Å². The number of thiophene rings is 1. The molecule has 2 aromatic rings. The summed E-state index contributed by atoms with van der Waals surface area (Å²) in [7, 11) is 0. The largest absolute Gasteiger partial charge is 0.294 e. The molecule has 0 aliphatic heterocycles. The minimum absolute atomic E-state index is 0.107. The molecule has 0 spiro atoms. The predicted molar refractivity (Wildman–Crippen MR) is 69.5 cm³/mol. The summed E-state index contributed by atoms with van der Waals surface area (Å²) in [5.41, 5.74) is 2.16. The quantitative estimate of drug-likeness (QED) is 0.713. The molecule has 0 aliphatic carbocycles. The highest BCUT2D eigenvalue weighted by molar-refractivity contribution is 7.17. The number of carbonyl (C=O) groups excluding carboxylic acids is 1. The highest BCUT2D eigenvalue weighted by Crippen LogP contribution is 2.33. The Hall–Kier alpha value is -1.12. The lowest BCUT2D eigenvalue weighted by Crippen LogP contribution is -1.83. The zero-order valence-corrected chi connectivity index (χ0v) is 10.7. The third-order valence-electron chi connectivity index (χ3n) is 2.49. The summed E-state index contributed by atoms with van der Waals surface area (Å²) in [6.45, 7) is 3.57. The second-order valence-corrected chi connectivity index (χ2v) is 5.12. The van der Waals surface area contributed by atoms with Gasteiger partial charge in [-0.3, -0.25) is 4.79 Å². The van der Waals surface area contributed by atoms with Crippen LogP contribution in [0.2, 0.25) is 5.02 Å². The molecule has 1 aromatic heterocycles. The molecule has 1 aromatic carbocycles. The third kappa shape index (κ3) is 2.04. The lowest BCUT2D eigenvalue weighted by Gasteiger charge is -2.04. The van der Waals surface area contributed by atoms with Crippen LogP contribution in [0.3, 0.4) is 0 Å². The maximum Gasteiger partial charge on any atom is 0.169 e. The van der Waals surface area contributed by atoms with Gasteiger partial charge >= 0.3 is 0 Å². The molecule has 0 fully saturated rings. The van der Waals surface area contributed by atoms with Gasteiger partial charge in [-0.2, -0.15) is 0 Å². The number of halogens is 1. The molecule has 0 amide bonds. The molecule has 3 heteroatoms. The molecule has 0 N–H and O–H groups in total. The second kappa shape index (κ2) is 4.40. The van der Waals surface area contributed by atoms with Crippen LogP contribution in [-0.2, 0) is 0 Å². The summed E-state index contributed by atoms with van der Waals surface area (Å²) in [6.07, 6.45) is 0. The summed E-state index contributed by atoms with van der Waals surface area (Å²) >= 11 is 7.58. The van der Waals surface area contributed by atoms with Crippen LogP contribution in [0.5, 0.6) is 0 Å². The summed E-state index contributed by atoms with van der Waals surface area (Å²) in [5.74, 6) is 0.107. The Balaban J connectivity index is 2.50. The Bertz CT molecular complexity index is 543. The van der Waals surface area contributed by atoms with Crippen molar-refractivity contribution in [2.24, 2.45) is 0 Å². The van der Waals surface area contributed by atoms with E-state index in [2.05, 4.69) is 0 Å². The number of hydrogen-bond acceptors (Lipinski definition) is 2. The smallest absolute Gasteiger partial charge is 0.169 e. The summed E-state index contributed by atoms with van der Waals surface area (Å²) in [4.78, 5) is 13.1. The standard InChI is InChI=1S/C13H11ClOS/c1-8-10(4-3-5-11(8)14)13-7-6-12(16-13)9(2)15/h3-7H,1-2H3. The van der Waals surface area contributed by atoms with Gasteiger partial charge in [0.05, 0.1) is 4.88 Å². The molecule has 0 radical (unpaired) electrons. The third-order valence-corrected chi connectivity index (χ3v) is 4.11. The van der Waals surface area contributed by atoms with Gasteiger partial charge in [-0.15, -0.1) is 11.3 Å². The minimum Gasteiger partial charge on any atom is -0.294 e. The molecule has 0 unspecified atom stereocenters. The van der Waals surface area contributed by atoms with Crippen molar-refractivity contribution in [2.45, 2.75) is 13.8 Å². The van der Waals surface area contributed by atoms with Crippen molar-refractivity contribution in [1.29, 1.82) is 0 Å². The Morgan fingerprint density at radius 3 is 2.62 bits per heavy atom. The number of benzene rings is 1. The zero-order valence-electron chi connectivity index (χ0n) is 9.08. The summed E-state index contributed by atoms with van der Waals surface area (Å²) in [5, 5.41) is 0.760. The highest BCUT2D eigenvalue weighted by atomic mass is 35.5. The fourth-order valence-electron chi connectivity index (χ4n) is 1.55. The van der Waals surface area contributed by atoms with Gasteiger partial charge in [0, 0.05) is 9.90 Å². The van der Waals surface area contributed by atoms with Gasteiger partial charge in [0.25, 0.3) is 0 Å². The Labute approximate surface area is 104 Å². The second-order valence-electron chi connectivity index (χ2n) is 3.63. The van der Waals surface area contributed by atoms with Gasteiger partial charge in [0.1, 0.15) is 0 Å². The number of ketones is 1. The zero-order chi connectivity index (χ0) is 11.7. The first-order valence-electron chi connectivity index (χ1n) is 4.96. The number of carbonyl (C=O) groups is 1. The van der Waals surface area contributed by atoms with Crippen LogP contribution in [0, 0.1) is 6.92 Å². The maximum atomic E-state index is 11.2. The van der Waals surface area contributed by atoms with Crippen molar-refractivity contribution in [3.63, 3.8) is 0 Å². The van der Waals surface area contributed by atoms with Crippen molar-refractivity contribution >= 4 is 28.7 Å². The van der Waals surface area contributed by atoms with Gasteiger partial charge in [0.15, 0.2) is 5.78 Å². The molecule has 1 heterocycles. The first kappa shape index (κ1) is 11.4. The SMILES string of the molecule is CC(=O)c1ccc(-c2cccc(Cl)c2C)s1. The van der Waals surface area contributed by atoms with Gasteiger partial charge in [0.2, 0.25) is 0 Å². The Kier molecular flexibility index (Phi) is 3.13. The average molecular weight is 251 g/mol. The lowest BCUT2D eigenvalue weighted by atomic mass is 10.1. The number of hydrogen-bond donors (Lipinski definition) is 0. The first-order chi connectivity index (χ1) is 7.59. The molecule has 0 bridgehead atoms. The van der Waals surface area contributed by atoms with Crippen LogP contribution in [0.4, 0.5) is 0 Å². The van der Waals surface area contributed by atoms with E-state index in [0.717, 1.165) is 25.9 Å². The van der Waals surface area contributed by atoms with E-state index in [-0.39, 0.29) is 5.78 Å². The molecule has 1 nitrogen and oxygen atoms in total. The van der Waals surface area contributed by atoms with E-state index >= 15 is 0 Å². The van der Waals surface area contributed by atoms with E-state index in [4.69, 9.17) is 11.6 Å². The van der Waals surface area contributed by atoms with Gasteiger partial charge < -0.3 is 0 Å². The molecule has 0 saturated heterocycles. The molecule has 82 valence electrons. The van der Waals surface area contributed by atoms with E-state index < -0.39 is 0 Å². The van der Waals surface area contributed by atoms with Gasteiger partial charge in [-0.05, 0) is 43.2 Å². The fourth-order valence-corrected chi connectivity index (χ4v) is 2.70. The predicted octanol–water partition coefficient (Wildman–Crippen LogP) is 4.58. The fraction of sp³-hybridized carbons (Fsp3) is 0.154. The molecule has 0 aliphatic rings. The van der Waals surface area contributed by atoms with Crippen LogP contribution in [0.25, 0.3) is 10.4 Å². The van der Waals surface area contributed by atoms with Crippen molar-refractivity contribution in [3.05, 3.63) is 45.8 Å². The van der Waals surface area contributed by atoms with Crippen LogP contribution in [-0.4, -0.2) is 5.78 Å². The van der Waals surface area contributed by atoms with Crippen molar-refractivity contribution < 1.29 is 4.79 Å². The minimum atomic E-state index is 0.107. The van der Waals surface area contributed by atoms with E-state index in [1.54, 1.807) is 6.92 Å². The molecule has 2 rings (SSSR count). The van der Waals surface area contributed by atoms with Crippen LogP contribution in [0.1, 0.15) is 22.2 Å². The lowest BCUT2D eigenvalue weighted by molar-refractivity contribution is 0.102. The normalized spacial score (nSPS) is 10.4. The molecular weight excluding hydrogens is 240 g/mol. The molecule has 16 heavy (non-hydrogen) atoms. The van der Waals surface area contributed by atoms with Crippen molar-refractivity contribution in [3.8, 4) is 10.4 Å². The number of rotatable bonds is 2. The van der Waals surface area contributed by atoms with Crippen molar-refractivity contribution in [2.75, 3.05) is 0 Å². The summed E-state index contributed by atoms with van der Waals surface area (Å²) < 4.78 is 0. The van der Waals surface area contributed by atoms with Crippen LogP contribution >= 0.6 is 22.9 Å². The number of Topliss-reactive ketones (excluding diaryl/α,β-unsaturated/α-hetero) is 1. The van der Waals surface area contributed by atoms with E-state index in [1.807, 2.05) is 37.3 Å². The first-order valence-corrected chi connectivity index (χ1v) is 6.15. The highest BCUT2D eigenvalue weighted by Gasteiger charge is 2.09. The summed E-state index contributed by atoms with van der Waals surface area (Å²) in [6, 6.07) is 9.66. The Morgan fingerprint density at radius 1 is 1.25 bits per heavy atom. The molecular formula is C13H11ClOS.